The van der Waals surface area contributed by atoms with E-state index in [1.165, 1.54) is 5.57 Å². The Morgan fingerprint density at radius 3 is 3.08 bits per heavy atom. The molecule has 0 aromatic heterocycles. The van der Waals surface area contributed by atoms with E-state index in [4.69, 9.17) is 0 Å². The molecule has 13 heavy (non-hydrogen) atoms. The number of hydrogen-bond donors (Lipinski definition) is 0. The molecule has 2 atom stereocenters. The molecule has 3 aliphatic carbocycles. The van der Waals surface area contributed by atoms with Crippen LogP contribution in [0.4, 0.5) is 0 Å². The summed E-state index contributed by atoms with van der Waals surface area (Å²) in [5.74, 6) is 0.962. The van der Waals surface area contributed by atoms with Crippen LogP contribution >= 0.6 is 0 Å². The van der Waals surface area contributed by atoms with Gasteiger partial charge in [-0.3, -0.25) is 9.59 Å². The molecule has 3 rings (SSSR count). The minimum absolute atomic E-state index is 0.148. The van der Waals surface area contributed by atoms with Crippen LogP contribution in [0.3, 0.4) is 0 Å². The zero-order valence-corrected chi connectivity index (χ0v) is 7.51. The number of hydrogen-bond acceptors (Lipinski definition) is 2. The number of Topliss-reactive ketones (excluding diaryl/α,β-unsaturated/α-hetero) is 1. The van der Waals surface area contributed by atoms with Gasteiger partial charge in [-0.1, -0.05) is 5.57 Å². The lowest BCUT2D eigenvalue weighted by Crippen LogP contribution is -2.26. The van der Waals surface area contributed by atoms with E-state index in [0.717, 1.165) is 19.3 Å². The van der Waals surface area contributed by atoms with Gasteiger partial charge in [0.05, 0.1) is 0 Å². The van der Waals surface area contributed by atoms with Crippen LogP contribution in [-0.4, -0.2) is 11.6 Å². The summed E-state index contributed by atoms with van der Waals surface area (Å²) in [7, 11) is 0. The quantitative estimate of drug-likeness (QED) is 0.562. The van der Waals surface area contributed by atoms with Crippen LogP contribution in [0.5, 0.6) is 0 Å². The first kappa shape index (κ1) is 7.48. The second-order valence-electron chi connectivity index (χ2n) is 4.66. The second-order valence-corrected chi connectivity index (χ2v) is 4.66. The zero-order valence-electron chi connectivity index (χ0n) is 7.51. The van der Waals surface area contributed by atoms with E-state index in [2.05, 4.69) is 0 Å². The summed E-state index contributed by atoms with van der Waals surface area (Å²) in [4.78, 5) is 22.7. The zero-order chi connectivity index (χ0) is 9.05. The lowest BCUT2D eigenvalue weighted by molar-refractivity contribution is -0.126. The third kappa shape index (κ3) is 0.835. The molecule has 0 aromatic carbocycles. The maximum atomic E-state index is 11.4. The molecule has 0 heterocycles. The summed E-state index contributed by atoms with van der Waals surface area (Å²) >= 11 is 0. The minimum atomic E-state index is 0.148. The molecule has 2 nitrogen and oxygen atoms in total. The first-order chi connectivity index (χ1) is 6.20. The Morgan fingerprint density at radius 2 is 2.23 bits per heavy atom. The van der Waals surface area contributed by atoms with Gasteiger partial charge < -0.3 is 0 Å². The van der Waals surface area contributed by atoms with Crippen molar-refractivity contribution in [1.82, 2.24) is 0 Å². The molecule has 0 saturated heterocycles. The first-order valence-electron chi connectivity index (χ1n) is 4.96. The van der Waals surface area contributed by atoms with Gasteiger partial charge in [-0.15, -0.1) is 0 Å². The fraction of sp³-hybridized carbons (Fsp3) is 0.636. The van der Waals surface area contributed by atoms with Crippen molar-refractivity contribution in [3.63, 3.8) is 0 Å². The van der Waals surface area contributed by atoms with Gasteiger partial charge in [-0.2, -0.15) is 0 Å². The molecule has 2 heteroatoms. The van der Waals surface area contributed by atoms with E-state index in [9.17, 15) is 9.59 Å². The van der Waals surface area contributed by atoms with Crippen molar-refractivity contribution in [1.29, 1.82) is 0 Å². The van der Waals surface area contributed by atoms with Crippen LogP contribution in [-0.2, 0) is 9.59 Å². The third-order valence-electron chi connectivity index (χ3n) is 3.94. The van der Waals surface area contributed by atoms with Crippen molar-refractivity contribution in [2.45, 2.75) is 32.1 Å². The van der Waals surface area contributed by atoms with Crippen LogP contribution in [0.2, 0.25) is 0 Å². The predicted molar refractivity (Wildman–Crippen MR) is 47.1 cm³/mol. The molecule has 1 spiro atoms. The van der Waals surface area contributed by atoms with Crippen molar-refractivity contribution < 1.29 is 9.59 Å². The van der Waals surface area contributed by atoms with Gasteiger partial charge in [0.25, 0.3) is 0 Å². The van der Waals surface area contributed by atoms with Gasteiger partial charge >= 0.3 is 0 Å². The maximum Gasteiger partial charge on any atom is 0.156 e. The molecule has 0 radical (unpaired) electrons. The van der Waals surface area contributed by atoms with Gasteiger partial charge in [0.1, 0.15) is 5.78 Å². The molecular formula is C11H12O2. The summed E-state index contributed by atoms with van der Waals surface area (Å²) < 4.78 is 0. The molecule has 0 aromatic rings. The van der Waals surface area contributed by atoms with Crippen LogP contribution in [0.25, 0.3) is 0 Å². The summed E-state index contributed by atoms with van der Waals surface area (Å²) in [6.07, 6.45) is 5.97. The Hall–Kier alpha value is -0.920. The number of rotatable bonds is 0. The Labute approximate surface area is 77.0 Å². The van der Waals surface area contributed by atoms with Crippen molar-refractivity contribution in [2.24, 2.45) is 11.3 Å². The fourth-order valence-electron chi connectivity index (χ4n) is 3.28. The molecule has 0 amide bonds. The Bertz CT molecular complexity index is 340. The normalized spacial score (nSPS) is 42.2. The van der Waals surface area contributed by atoms with E-state index >= 15 is 0 Å². The van der Waals surface area contributed by atoms with Gasteiger partial charge in [0.2, 0.25) is 0 Å². The highest BCUT2D eigenvalue weighted by atomic mass is 16.1. The minimum Gasteiger partial charge on any atom is -0.299 e. The second kappa shape index (κ2) is 2.11. The molecule has 0 unspecified atom stereocenters. The highest BCUT2D eigenvalue weighted by Gasteiger charge is 2.52. The van der Waals surface area contributed by atoms with E-state index in [0.29, 0.717) is 18.6 Å². The summed E-state index contributed by atoms with van der Waals surface area (Å²) in [5.41, 5.74) is 1.43. The standard InChI is InChI=1S/C11H12O2/c12-9-4-8-3-7-5-11(8,6-9)2-1-10(7)13/h4,7H,1-3,5-6H2/t7-,11-/m1/s1. The SMILES string of the molecule is O=C1C=C2C[C@@H]3C[C@]2(CCC3=O)C1. The Morgan fingerprint density at radius 1 is 1.38 bits per heavy atom. The average Bonchev–Trinajstić information content (AvgIpc) is 2.49. The van der Waals surface area contributed by atoms with Crippen molar-refractivity contribution in [2.75, 3.05) is 0 Å². The van der Waals surface area contributed by atoms with E-state index in [-0.39, 0.29) is 17.1 Å². The van der Waals surface area contributed by atoms with Crippen LogP contribution in [0, 0.1) is 11.3 Å². The lowest BCUT2D eigenvalue weighted by Gasteiger charge is -2.29. The number of ketones is 2. The van der Waals surface area contributed by atoms with E-state index in [1.807, 2.05) is 0 Å². The maximum absolute atomic E-state index is 11.4. The average molecular weight is 176 g/mol. The van der Waals surface area contributed by atoms with Crippen molar-refractivity contribution >= 4 is 11.6 Å². The largest absolute Gasteiger partial charge is 0.299 e. The highest BCUT2D eigenvalue weighted by molar-refractivity contribution is 5.96. The highest BCUT2D eigenvalue weighted by Crippen LogP contribution is 2.58. The molecule has 0 aliphatic heterocycles. The summed E-state index contributed by atoms with van der Waals surface area (Å²) in [6.45, 7) is 0. The smallest absolute Gasteiger partial charge is 0.156 e. The van der Waals surface area contributed by atoms with Gasteiger partial charge in [-0.05, 0) is 30.8 Å². The number of allylic oxidation sites excluding steroid dienone is 2. The van der Waals surface area contributed by atoms with Gasteiger partial charge in [0.15, 0.2) is 5.78 Å². The van der Waals surface area contributed by atoms with Crippen LogP contribution in [0.1, 0.15) is 32.1 Å². The monoisotopic (exact) mass is 176 g/mol. The molecule has 2 saturated carbocycles. The molecular weight excluding hydrogens is 164 g/mol. The predicted octanol–water partition coefficient (Wildman–Crippen LogP) is 1.64. The topological polar surface area (TPSA) is 34.1 Å². The third-order valence-corrected chi connectivity index (χ3v) is 3.94. The lowest BCUT2D eigenvalue weighted by atomic mass is 9.73. The molecule has 3 aliphatic rings. The van der Waals surface area contributed by atoms with Crippen LogP contribution in [0.15, 0.2) is 11.6 Å². The number of fused-ring (bicyclic) bond motifs is 1. The van der Waals surface area contributed by atoms with Crippen molar-refractivity contribution in [3.05, 3.63) is 11.6 Å². The molecule has 2 fully saturated rings. The first-order valence-corrected chi connectivity index (χ1v) is 4.96. The van der Waals surface area contributed by atoms with Crippen molar-refractivity contribution in [3.8, 4) is 0 Å². The number of carbonyl (C=O) groups excluding carboxylic acids is 2. The van der Waals surface area contributed by atoms with Gasteiger partial charge in [0, 0.05) is 18.8 Å². The fourth-order valence-corrected chi connectivity index (χ4v) is 3.28. The molecule has 0 N–H and O–H groups in total. The van der Waals surface area contributed by atoms with E-state index in [1.54, 1.807) is 6.08 Å². The Balaban J connectivity index is 2.05. The van der Waals surface area contributed by atoms with Crippen LogP contribution < -0.4 is 0 Å². The van der Waals surface area contributed by atoms with E-state index < -0.39 is 0 Å². The summed E-state index contributed by atoms with van der Waals surface area (Å²) in [5, 5.41) is 0. The Kier molecular flexibility index (Phi) is 1.22. The summed E-state index contributed by atoms with van der Waals surface area (Å²) in [6, 6.07) is 0. The molecule has 2 bridgehead atoms. The number of carbonyl (C=O) groups is 2. The van der Waals surface area contributed by atoms with Gasteiger partial charge in [-0.25, -0.2) is 0 Å². The molecule has 68 valence electrons.